The molecule has 0 unspecified atom stereocenters. The summed E-state index contributed by atoms with van der Waals surface area (Å²) in [7, 11) is 1.28. The number of carbonyl (C=O) groups excluding carboxylic acids is 3. The van der Waals surface area contributed by atoms with Crippen LogP contribution in [0.3, 0.4) is 0 Å². The van der Waals surface area contributed by atoms with E-state index in [2.05, 4.69) is 10.6 Å². The Morgan fingerprint density at radius 1 is 1.09 bits per heavy atom. The number of carbonyl (C=O) groups is 3. The first-order chi connectivity index (χ1) is 10.7. The summed E-state index contributed by atoms with van der Waals surface area (Å²) in [5.41, 5.74) is 5.53. The highest BCUT2D eigenvalue weighted by Crippen LogP contribution is 2.08. The Labute approximate surface area is 142 Å². The van der Waals surface area contributed by atoms with Gasteiger partial charge in [-0.05, 0) is 37.7 Å². The fraction of sp³-hybridized carbons (Fsp3) is 0.800. The fourth-order valence-electron chi connectivity index (χ4n) is 1.91. The highest BCUT2D eigenvalue weighted by molar-refractivity contribution is 7.98. The summed E-state index contributed by atoms with van der Waals surface area (Å²) >= 11 is 1.57. The maximum atomic E-state index is 12.4. The number of methoxy groups -OCH3 is 1. The number of amides is 2. The predicted molar refractivity (Wildman–Crippen MR) is 92.0 cm³/mol. The second kappa shape index (κ2) is 11.3. The van der Waals surface area contributed by atoms with Crippen LogP contribution in [0.15, 0.2) is 0 Å². The second-order valence-electron chi connectivity index (χ2n) is 5.85. The Bertz CT molecular complexity index is 402. The largest absolute Gasteiger partial charge is 0.467 e. The van der Waals surface area contributed by atoms with E-state index in [1.54, 1.807) is 18.7 Å². The molecule has 23 heavy (non-hydrogen) atoms. The number of nitrogens with one attached hydrogen (secondary N) is 2. The lowest BCUT2D eigenvalue weighted by Gasteiger charge is -2.23. The third-order valence-corrected chi connectivity index (χ3v) is 3.81. The lowest BCUT2D eigenvalue weighted by molar-refractivity contribution is -0.145. The number of esters is 1. The fourth-order valence-corrected chi connectivity index (χ4v) is 2.38. The molecular formula is C15H29N3O4S. The van der Waals surface area contributed by atoms with Gasteiger partial charge in [-0.1, -0.05) is 13.8 Å². The number of hydrogen-bond donors (Lipinski definition) is 3. The average molecular weight is 347 g/mol. The SMILES string of the molecule is COC(=O)[C@H](CC(C)C)NC(=O)[C@H](CCSC)NC(=O)[C@H](C)N. The Kier molecular flexibility index (Phi) is 10.7. The Balaban J connectivity index is 4.94. The van der Waals surface area contributed by atoms with Crippen molar-refractivity contribution in [2.75, 3.05) is 19.1 Å². The monoisotopic (exact) mass is 347 g/mol. The zero-order valence-electron chi connectivity index (χ0n) is 14.5. The maximum Gasteiger partial charge on any atom is 0.328 e. The smallest absolute Gasteiger partial charge is 0.328 e. The van der Waals surface area contributed by atoms with Gasteiger partial charge in [0.05, 0.1) is 13.2 Å². The first kappa shape index (κ1) is 21.7. The molecule has 0 fully saturated rings. The van der Waals surface area contributed by atoms with Crippen LogP contribution >= 0.6 is 11.8 Å². The minimum absolute atomic E-state index is 0.211. The van der Waals surface area contributed by atoms with Crippen LogP contribution in [0.25, 0.3) is 0 Å². The van der Waals surface area contributed by atoms with Gasteiger partial charge in [-0.2, -0.15) is 11.8 Å². The lowest BCUT2D eigenvalue weighted by atomic mass is 10.0. The van der Waals surface area contributed by atoms with Crippen LogP contribution in [-0.2, 0) is 19.1 Å². The summed E-state index contributed by atoms with van der Waals surface area (Å²) in [6, 6.07) is -2.15. The van der Waals surface area contributed by atoms with Crippen LogP contribution in [-0.4, -0.2) is 55.0 Å². The van der Waals surface area contributed by atoms with Crippen molar-refractivity contribution >= 4 is 29.5 Å². The number of nitrogens with two attached hydrogens (primary N) is 1. The van der Waals surface area contributed by atoms with E-state index in [1.807, 2.05) is 20.1 Å². The van der Waals surface area contributed by atoms with E-state index in [9.17, 15) is 14.4 Å². The summed E-state index contributed by atoms with van der Waals surface area (Å²) in [4.78, 5) is 36.0. The molecule has 2 amide bonds. The molecule has 4 N–H and O–H groups in total. The van der Waals surface area contributed by atoms with E-state index in [0.29, 0.717) is 18.6 Å². The van der Waals surface area contributed by atoms with Crippen molar-refractivity contribution in [2.24, 2.45) is 11.7 Å². The van der Waals surface area contributed by atoms with Gasteiger partial charge < -0.3 is 21.1 Å². The molecule has 7 nitrogen and oxygen atoms in total. The van der Waals surface area contributed by atoms with Gasteiger partial charge in [-0.15, -0.1) is 0 Å². The number of rotatable bonds is 10. The lowest BCUT2D eigenvalue weighted by Crippen LogP contribution is -2.54. The van der Waals surface area contributed by atoms with Crippen molar-refractivity contribution in [1.29, 1.82) is 0 Å². The van der Waals surface area contributed by atoms with E-state index in [4.69, 9.17) is 10.5 Å². The second-order valence-corrected chi connectivity index (χ2v) is 6.83. The average Bonchev–Trinajstić information content (AvgIpc) is 2.48. The molecule has 0 aromatic carbocycles. The van der Waals surface area contributed by atoms with Crippen molar-refractivity contribution in [2.45, 2.75) is 51.7 Å². The Morgan fingerprint density at radius 3 is 2.09 bits per heavy atom. The van der Waals surface area contributed by atoms with Crippen LogP contribution in [0.1, 0.15) is 33.6 Å². The van der Waals surface area contributed by atoms with E-state index in [-0.39, 0.29) is 5.92 Å². The summed E-state index contributed by atoms with van der Waals surface area (Å²) in [6.45, 7) is 5.45. The molecule has 0 aromatic heterocycles. The molecule has 3 atom stereocenters. The van der Waals surface area contributed by atoms with Gasteiger partial charge in [-0.25, -0.2) is 4.79 Å². The molecule has 0 spiro atoms. The number of hydrogen-bond acceptors (Lipinski definition) is 6. The van der Waals surface area contributed by atoms with Gasteiger partial charge in [0.2, 0.25) is 11.8 Å². The zero-order valence-corrected chi connectivity index (χ0v) is 15.4. The van der Waals surface area contributed by atoms with Crippen molar-refractivity contribution in [3.63, 3.8) is 0 Å². The van der Waals surface area contributed by atoms with Gasteiger partial charge in [0.1, 0.15) is 12.1 Å². The Morgan fingerprint density at radius 2 is 1.65 bits per heavy atom. The van der Waals surface area contributed by atoms with Gasteiger partial charge in [0.15, 0.2) is 0 Å². The molecule has 0 aliphatic heterocycles. The van der Waals surface area contributed by atoms with E-state index in [1.165, 1.54) is 7.11 Å². The molecule has 0 rings (SSSR count). The van der Waals surface area contributed by atoms with Crippen LogP contribution in [0.2, 0.25) is 0 Å². The van der Waals surface area contributed by atoms with E-state index < -0.39 is 35.9 Å². The maximum absolute atomic E-state index is 12.4. The summed E-state index contributed by atoms with van der Waals surface area (Å²) in [6.07, 6.45) is 2.84. The zero-order chi connectivity index (χ0) is 18.0. The normalized spacial score (nSPS) is 14.7. The number of ether oxygens (including phenoxy) is 1. The number of thioether (sulfide) groups is 1. The van der Waals surface area contributed by atoms with E-state index >= 15 is 0 Å². The molecule has 0 aliphatic rings. The summed E-state index contributed by atoms with van der Waals surface area (Å²) in [5.74, 6) is -0.379. The van der Waals surface area contributed by atoms with Crippen LogP contribution < -0.4 is 16.4 Å². The van der Waals surface area contributed by atoms with Crippen molar-refractivity contribution in [1.82, 2.24) is 10.6 Å². The highest BCUT2D eigenvalue weighted by Gasteiger charge is 2.28. The van der Waals surface area contributed by atoms with Crippen molar-refractivity contribution in [3.05, 3.63) is 0 Å². The minimum atomic E-state index is -0.725. The van der Waals surface area contributed by atoms with Gasteiger partial charge in [0.25, 0.3) is 0 Å². The van der Waals surface area contributed by atoms with Crippen molar-refractivity contribution < 1.29 is 19.1 Å². The van der Waals surface area contributed by atoms with Gasteiger partial charge in [0, 0.05) is 0 Å². The molecule has 0 radical (unpaired) electrons. The third-order valence-electron chi connectivity index (χ3n) is 3.17. The molecule has 8 heteroatoms. The highest BCUT2D eigenvalue weighted by atomic mass is 32.2. The first-order valence-corrected chi connectivity index (χ1v) is 9.05. The minimum Gasteiger partial charge on any atom is -0.467 e. The summed E-state index contributed by atoms with van der Waals surface area (Å²) < 4.78 is 4.73. The topological polar surface area (TPSA) is 111 Å². The molecule has 0 bridgehead atoms. The molecule has 134 valence electrons. The molecule has 0 saturated carbocycles. The molecule has 0 aromatic rings. The predicted octanol–water partition coefficient (Wildman–Crippen LogP) is 0.275. The quantitative estimate of drug-likeness (QED) is 0.490. The molecule has 0 aliphatic carbocycles. The van der Waals surface area contributed by atoms with Crippen molar-refractivity contribution in [3.8, 4) is 0 Å². The van der Waals surface area contributed by atoms with Crippen LogP contribution in [0.5, 0.6) is 0 Å². The third kappa shape index (κ3) is 8.80. The van der Waals surface area contributed by atoms with Crippen LogP contribution in [0.4, 0.5) is 0 Å². The Hall–Kier alpha value is -1.28. The molecule has 0 heterocycles. The van der Waals surface area contributed by atoms with E-state index in [0.717, 1.165) is 0 Å². The molecular weight excluding hydrogens is 318 g/mol. The standard InChI is InChI=1S/C15H29N3O4S/c1-9(2)8-12(15(21)22-4)18-14(20)11(6-7-23-5)17-13(19)10(3)16/h9-12H,6-8,16H2,1-5H3,(H,17,19)(H,18,20)/t10-,11-,12-/m0/s1. The van der Waals surface area contributed by atoms with Gasteiger partial charge >= 0.3 is 5.97 Å². The van der Waals surface area contributed by atoms with Gasteiger partial charge in [-0.3, -0.25) is 9.59 Å². The summed E-state index contributed by atoms with van der Waals surface area (Å²) in [5, 5.41) is 5.30. The van der Waals surface area contributed by atoms with Crippen LogP contribution in [0, 0.1) is 5.92 Å². The molecule has 0 saturated heterocycles. The first-order valence-electron chi connectivity index (χ1n) is 7.66.